The fourth-order valence-electron chi connectivity index (χ4n) is 2.63. The van der Waals surface area contributed by atoms with Gasteiger partial charge in [0.2, 0.25) is 5.76 Å². The average molecular weight is 338 g/mol. The van der Waals surface area contributed by atoms with E-state index in [9.17, 15) is 4.79 Å². The van der Waals surface area contributed by atoms with Gasteiger partial charge >= 0.3 is 0 Å². The second-order valence-electron chi connectivity index (χ2n) is 5.77. The lowest BCUT2D eigenvalue weighted by molar-refractivity contribution is 0.0999. The van der Waals surface area contributed by atoms with E-state index in [2.05, 4.69) is 17.6 Å². The van der Waals surface area contributed by atoms with Crippen LogP contribution in [0.5, 0.6) is 5.75 Å². The Morgan fingerprint density at radius 1 is 1.12 bits per heavy atom. The predicted molar refractivity (Wildman–Crippen MR) is 101 cm³/mol. The molecule has 1 heterocycles. The van der Waals surface area contributed by atoms with Crippen molar-refractivity contribution in [1.82, 2.24) is 0 Å². The van der Waals surface area contributed by atoms with Crippen molar-refractivity contribution in [2.45, 2.75) is 19.8 Å². The number of hydrogen-bond acceptors (Lipinski definition) is 4. The van der Waals surface area contributed by atoms with Crippen molar-refractivity contribution in [3.8, 4) is 5.75 Å². The summed E-state index contributed by atoms with van der Waals surface area (Å²) in [7, 11) is 1.61. The molecule has 0 saturated heterocycles. The maximum absolute atomic E-state index is 12.7. The van der Waals surface area contributed by atoms with Crippen LogP contribution in [0.15, 0.2) is 52.9 Å². The topological polar surface area (TPSA) is 63.5 Å². The number of nitrogens with one attached hydrogen (secondary N) is 2. The van der Waals surface area contributed by atoms with Gasteiger partial charge in [0.15, 0.2) is 0 Å². The lowest BCUT2D eigenvalue weighted by Crippen LogP contribution is -2.14. The molecule has 2 aromatic carbocycles. The van der Waals surface area contributed by atoms with E-state index in [0.717, 1.165) is 36.2 Å². The van der Waals surface area contributed by atoms with Gasteiger partial charge < -0.3 is 19.8 Å². The standard InChI is InChI=1S/C20H22N2O3/c1-3-4-13-21-18-16-7-5-6-8-17(16)25-19(18)20(23)22-14-9-11-15(24-2)12-10-14/h5-12,21H,3-4,13H2,1-2H3,(H,22,23). The molecule has 0 saturated carbocycles. The quantitative estimate of drug-likeness (QED) is 0.601. The molecule has 0 unspecified atom stereocenters. The van der Waals surface area contributed by atoms with Crippen LogP contribution in [-0.2, 0) is 0 Å². The lowest BCUT2D eigenvalue weighted by Gasteiger charge is -2.08. The van der Waals surface area contributed by atoms with E-state index in [1.165, 1.54) is 0 Å². The molecule has 5 heteroatoms. The van der Waals surface area contributed by atoms with Gasteiger partial charge in [0, 0.05) is 17.6 Å². The molecule has 0 fully saturated rings. The third-order valence-corrected chi connectivity index (χ3v) is 3.98. The van der Waals surface area contributed by atoms with Crippen molar-refractivity contribution in [3.63, 3.8) is 0 Å². The molecule has 1 aromatic heterocycles. The predicted octanol–water partition coefficient (Wildman–Crippen LogP) is 4.91. The summed E-state index contributed by atoms with van der Waals surface area (Å²) in [5, 5.41) is 7.14. The first-order valence-electron chi connectivity index (χ1n) is 8.43. The Morgan fingerprint density at radius 3 is 2.60 bits per heavy atom. The summed E-state index contributed by atoms with van der Waals surface area (Å²) in [6.45, 7) is 2.93. The third-order valence-electron chi connectivity index (χ3n) is 3.98. The smallest absolute Gasteiger partial charge is 0.293 e. The van der Waals surface area contributed by atoms with E-state index in [0.29, 0.717) is 17.0 Å². The largest absolute Gasteiger partial charge is 0.497 e. The fourth-order valence-corrected chi connectivity index (χ4v) is 2.63. The summed E-state index contributed by atoms with van der Waals surface area (Å²) in [4.78, 5) is 12.7. The Hall–Kier alpha value is -2.95. The molecule has 0 bridgehead atoms. The van der Waals surface area contributed by atoms with Gasteiger partial charge in [0.25, 0.3) is 5.91 Å². The minimum Gasteiger partial charge on any atom is -0.497 e. The van der Waals surface area contributed by atoms with Gasteiger partial charge in [-0.25, -0.2) is 0 Å². The Morgan fingerprint density at radius 2 is 1.88 bits per heavy atom. The minimum absolute atomic E-state index is 0.277. The molecule has 3 aromatic rings. The molecule has 2 N–H and O–H groups in total. The summed E-state index contributed by atoms with van der Waals surface area (Å²) in [5.74, 6) is 0.761. The first kappa shape index (κ1) is 16.9. The van der Waals surface area contributed by atoms with Crippen LogP contribution < -0.4 is 15.4 Å². The van der Waals surface area contributed by atoms with Gasteiger partial charge in [-0.3, -0.25) is 4.79 Å². The minimum atomic E-state index is -0.277. The van der Waals surface area contributed by atoms with Crippen LogP contribution in [0, 0.1) is 0 Å². The molecule has 0 aliphatic rings. The van der Waals surface area contributed by atoms with E-state index in [-0.39, 0.29) is 5.91 Å². The van der Waals surface area contributed by atoms with Crippen LogP contribution in [0.2, 0.25) is 0 Å². The molecule has 0 atom stereocenters. The van der Waals surface area contributed by atoms with Crippen LogP contribution in [0.3, 0.4) is 0 Å². The molecule has 3 rings (SSSR count). The number of amides is 1. The number of carbonyl (C=O) groups excluding carboxylic acids is 1. The van der Waals surface area contributed by atoms with Gasteiger partial charge in [-0.1, -0.05) is 25.5 Å². The SMILES string of the molecule is CCCCNc1c(C(=O)Nc2ccc(OC)cc2)oc2ccccc12. The summed E-state index contributed by atoms with van der Waals surface area (Å²) in [6, 6.07) is 14.8. The first-order valence-corrected chi connectivity index (χ1v) is 8.43. The highest BCUT2D eigenvalue weighted by Gasteiger charge is 2.20. The van der Waals surface area contributed by atoms with Crippen molar-refractivity contribution < 1.29 is 13.9 Å². The zero-order chi connectivity index (χ0) is 17.6. The number of benzene rings is 2. The molecule has 130 valence electrons. The number of methoxy groups -OCH3 is 1. The molecule has 0 aliphatic carbocycles. The lowest BCUT2D eigenvalue weighted by atomic mass is 10.2. The van der Waals surface area contributed by atoms with E-state index >= 15 is 0 Å². The summed E-state index contributed by atoms with van der Waals surface area (Å²) < 4.78 is 10.9. The third kappa shape index (κ3) is 3.76. The Labute approximate surface area is 147 Å². The molecule has 0 aliphatic heterocycles. The highest BCUT2D eigenvalue weighted by molar-refractivity contribution is 6.11. The van der Waals surface area contributed by atoms with Gasteiger partial charge in [-0.2, -0.15) is 0 Å². The summed E-state index contributed by atoms with van der Waals surface area (Å²) in [6.07, 6.45) is 2.11. The maximum Gasteiger partial charge on any atom is 0.293 e. The van der Waals surface area contributed by atoms with Crippen LogP contribution in [0.1, 0.15) is 30.3 Å². The highest BCUT2D eigenvalue weighted by Crippen LogP contribution is 2.31. The monoisotopic (exact) mass is 338 g/mol. The van der Waals surface area contributed by atoms with Gasteiger partial charge in [0.1, 0.15) is 11.3 Å². The van der Waals surface area contributed by atoms with Crippen LogP contribution >= 0.6 is 0 Å². The molecule has 1 amide bonds. The Kier molecular flexibility index (Phi) is 5.23. The van der Waals surface area contributed by atoms with E-state index in [1.54, 1.807) is 31.4 Å². The van der Waals surface area contributed by atoms with Gasteiger partial charge in [-0.05, 0) is 42.8 Å². The number of anilines is 2. The van der Waals surface area contributed by atoms with E-state index < -0.39 is 0 Å². The van der Waals surface area contributed by atoms with E-state index in [4.69, 9.17) is 9.15 Å². The fraction of sp³-hybridized carbons (Fsp3) is 0.250. The maximum atomic E-state index is 12.7. The molecule has 25 heavy (non-hydrogen) atoms. The number of ether oxygens (including phenoxy) is 1. The highest BCUT2D eigenvalue weighted by atomic mass is 16.5. The molecule has 0 radical (unpaired) electrons. The van der Waals surface area contributed by atoms with Gasteiger partial charge in [-0.15, -0.1) is 0 Å². The summed E-state index contributed by atoms with van der Waals surface area (Å²) >= 11 is 0. The number of carbonyl (C=O) groups is 1. The summed E-state index contributed by atoms with van der Waals surface area (Å²) in [5.41, 5.74) is 2.13. The number of rotatable bonds is 7. The zero-order valence-electron chi connectivity index (χ0n) is 14.5. The van der Waals surface area contributed by atoms with Crippen LogP contribution in [-0.4, -0.2) is 19.6 Å². The first-order chi connectivity index (χ1) is 12.2. The van der Waals surface area contributed by atoms with Crippen molar-refractivity contribution in [2.24, 2.45) is 0 Å². The molecule has 0 spiro atoms. The zero-order valence-corrected chi connectivity index (χ0v) is 14.5. The van der Waals surface area contributed by atoms with Crippen molar-refractivity contribution in [1.29, 1.82) is 0 Å². The number of furan rings is 1. The van der Waals surface area contributed by atoms with Crippen molar-refractivity contribution >= 4 is 28.3 Å². The van der Waals surface area contributed by atoms with Gasteiger partial charge in [0.05, 0.1) is 12.8 Å². The number of hydrogen-bond donors (Lipinski definition) is 2. The van der Waals surface area contributed by atoms with E-state index in [1.807, 2.05) is 24.3 Å². The number of para-hydroxylation sites is 1. The normalized spacial score (nSPS) is 10.6. The molecular formula is C20H22N2O3. The number of fused-ring (bicyclic) bond motifs is 1. The Balaban J connectivity index is 1.87. The Bertz CT molecular complexity index is 853. The van der Waals surface area contributed by atoms with Crippen LogP contribution in [0.25, 0.3) is 11.0 Å². The molecular weight excluding hydrogens is 316 g/mol. The second kappa shape index (κ2) is 7.75. The van der Waals surface area contributed by atoms with Crippen molar-refractivity contribution in [2.75, 3.05) is 24.3 Å². The van der Waals surface area contributed by atoms with Crippen LogP contribution in [0.4, 0.5) is 11.4 Å². The average Bonchev–Trinajstić information content (AvgIpc) is 3.01. The van der Waals surface area contributed by atoms with Crippen molar-refractivity contribution in [3.05, 3.63) is 54.3 Å². The second-order valence-corrected chi connectivity index (χ2v) is 5.77. The molecule has 5 nitrogen and oxygen atoms in total. The number of unbranched alkanes of at least 4 members (excludes halogenated alkanes) is 1.